The van der Waals surface area contributed by atoms with E-state index in [1.54, 1.807) is 50.2 Å². The number of benzene rings is 4. The number of rotatable bonds is 8. The van der Waals surface area contributed by atoms with E-state index in [9.17, 15) is 9.59 Å². The molecule has 206 valence electrons. The van der Waals surface area contributed by atoms with Crippen LogP contribution in [0.15, 0.2) is 138 Å². The van der Waals surface area contributed by atoms with Crippen molar-refractivity contribution in [2.24, 2.45) is 10.2 Å². The van der Waals surface area contributed by atoms with Gasteiger partial charge in [-0.15, -0.1) is 0 Å². The van der Waals surface area contributed by atoms with Crippen LogP contribution in [0, 0.1) is 0 Å². The first kappa shape index (κ1) is 27.9. The number of hydrogen-bond acceptors (Lipinski definition) is 5. The van der Waals surface area contributed by atoms with Gasteiger partial charge in [0.2, 0.25) is 0 Å². The predicted molar refractivity (Wildman–Crippen MR) is 167 cm³/mol. The Hall–Kier alpha value is -5.69. The topological polar surface area (TPSA) is 95.8 Å². The predicted octanol–water partition coefficient (Wildman–Crippen LogP) is 6.72. The van der Waals surface area contributed by atoms with E-state index in [-0.39, 0.29) is 11.8 Å². The number of amides is 2. The fraction of sp³-hybridized carbons (Fsp3) is 0.0571. The summed E-state index contributed by atoms with van der Waals surface area (Å²) in [4.78, 5) is 29.9. The number of carbonyl (C=O) groups is 2. The number of hydrazone groups is 2. The van der Waals surface area contributed by atoms with Crippen molar-refractivity contribution in [3.8, 4) is 22.3 Å². The van der Waals surface area contributed by atoms with E-state index in [0.29, 0.717) is 33.9 Å². The summed E-state index contributed by atoms with van der Waals surface area (Å²) in [6, 6.07) is 40.1. The van der Waals surface area contributed by atoms with Crippen molar-refractivity contribution in [3.63, 3.8) is 0 Å². The Labute approximate surface area is 244 Å². The molecule has 2 amide bonds. The van der Waals surface area contributed by atoms with Crippen LogP contribution in [0.1, 0.15) is 46.0 Å². The highest BCUT2D eigenvalue weighted by Crippen LogP contribution is 2.20. The van der Waals surface area contributed by atoms with E-state index >= 15 is 0 Å². The molecule has 1 aromatic heterocycles. The van der Waals surface area contributed by atoms with E-state index in [2.05, 4.69) is 26.0 Å². The molecule has 4 aromatic carbocycles. The van der Waals surface area contributed by atoms with Crippen molar-refractivity contribution in [2.45, 2.75) is 13.8 Å². The van der Waals surface area contributed by atoms with Crippen LogP contribution in [0.3, 0.4) is 0 Å². The Balaban J connectivity index is 1.20. The first-order valence-corrected chi connectivity index (χ1v) is 13.5. The Morgan fingerprint density at radius 2 is 0.833 bits per heavy atom. The van der Waals surface area contributed by atoms with Gasteiger partial charge in [0.05, 0.1) is 22.8 Å². The van der Waals surface area contributed by atoms with Gasteiger partial charge >= 0.3 is 0 Å². The first-order chi connectivity index (χ1) is 20.5. The third-order valence-corrected chi connectivity index (χ3v) is 6.65. The quantitative estimate of drug-likeness (QED) is 0.165. The zero-order valence-corrected chi connectivity index (χ0v) is 23.3. The first-order valence-electron chi connectivity index (χ1n) is 13.5. The average molecular weight is 552 g/mol. The largest absolute Gasteiger partial charge is 0.271 e. The zero-order valence-electron chi connectivity index (χ0n) is 23.3. The molecule has 7 nitrogen and oxygen atoms in total. The monoisotopic (exact) mass is 551 g/mol. The fourth-order valence-electron chi connectivity index (χ4n) is 4.24. The standard InChI is InChI=1S/C35H29N5O2/c1-24(37-39-34(41)30-20-16-28(17-21-30)26-10-5-3-6-11-26)32-14-9-15-33(36-32)25(2)38-40-35(42)31-22-18-29(19-23-31)27-12-7-4-8-13-27/h3-23H,1-2H3,(H,39,41)(H,40,42)/b37-24+,38-25+. The second-order valence-corrected chi connectivity index (χ2v) is 9.57. The van der Waals surface area contributed by atoms with Gasteiger partial charge in [0.1, 0.15) is 0 Å². The molecule has 0 aliphatic carbocycles. The van der Waals surface area contributed by atoms with Crippen molar-refractivity contribution >= 4 is 23.2 Å². The number of hydrogen-bond donors (Lipinski definition) is 2. The second kappa shape index (κ2) is 13.1. The molecular formula is C35H29N5O2. The molecule has 0 atom stereocenters. The lowest BCUT2D eigenvalue weighted by atomic mass is 10.0. The summed E-state index contributed by atoms with van der Waals surface area (Å²) in [5.74, 6) is -0.634. The van der Waals surface area contributed by atoms with E-state index < -0.39 is 0 Å². The van der Waals surface area contributed by atoms with E-state index in [0.717, 1.165) is 22.3 Å². The number of pyridine rings is 1. The number of aromatic nitrogens is 1. The summed E-state index contributed by atoms with van der Waals surface area (Å²) in [7, 11) is 0. The van der Waals surface area contributed by atoms with E-state index in [1.165, 1.54) is 0 Å². The fourth-order valence-corrected chi connectivity index (χ4v) is 4.24. The lowest BCUT2D eigenvalue weighted by molar-refractivity contribution is 0.0947. The Bertz CT molecular complexity index is 1620. The van der Waals surface area contributed by atoms with Crippen LogP contribution in [-0.2, 0) is 0 Å². The van der Waals surface area contributed by atoms with Crippen LogP contribution in [0.4, 0.5) is 0 Å². The Morgan fingerprint density at radius 3 is 1.21 bits per heavy atom. The minimum Gasteiger partial charge on any atom is -0.267 e. The average Bonchev–Trinajstić information content (AvgIpc) is 3.06. The normalized spacial score (nSPS) is 11.6. The number of nitrogens with one attached hydrogen (secondary N) is 2. The van der Waals surface area contributed by atoms with Gasteiger partial charge in [0, 0.05) is 11.1 Å². The second-order valence-electron chi connectivity index (χ2n) is 9.57. The molecule has 1 heterocycles. The molecule has 0 bridgehead atoms. The number of nitrogens with zero attached hydrogens (tertiary/aromatic N) is 3. The van der Waals surface area contributed by atoms with Gasteiger partial charge in [-0.3, -0.25) is 9.59 Å². The molecule has 0 saturated heterocycles. The van der Waals surface area contributed by atoms with Crippen molar-refractivity contribution in [1.29, 1.82) is 0 Å². The summed E-state index contributed by atoms with van der Waals surface area (Å²) < 4.78 is 0. The van der Waals surface area contributed by atoms with Crippen LogP contribution in [0.5, 0.6) is 0 Å². The summed E-state index contributed by atoms with van der Waals surface area (Å²) in [6.07, 6.45) is 0. The number of carbonyl (C=O) groups excluding carboxylic acids is 2. The smallest absolute Gasteiger partial charge is 0.267 e. The summed E-state index contributed by atoms with van der Waals surface area (Å²) in [6.45, 7) is 3.52. The molecule has 0 fully saturated rings. The van der Waals surface area contributed by atoms with Gasteiger partial charge in [-0.05, 0) is 72.5 Å². The summed E-state index contributed by atoms with van der Waals surface area (Å²) in [5.41, 5.74) is 12.6. The van der Waals surface area contributed by atoms with Crippen LogP contribution < -0.4 is 10.9 Å². The maximum atomic E-state index is 12.7. The van der Waals surface area contributed by atoms with Crippen molar-refractivity contribution < 1.29 is 9.59 Å². The Kier molecular flexibility index (Phi) is 8.70. The molecule has 0 unspecified atom stereocenters. The summed E-state index contributed by atoms with van der Waals surface area (Å²) in [5, 5.41) is 8.48. The van der Waals surface area contributed by atoms with Gasteiger partial charge in [-0.2, -0.15) is 10.2 Å². The molecule has 0 saturated carbocycles. The maximum Gasteiger partial charge on any atom is 0.271 e. The van der Waals surface area contributed by atoms with Gasteiger partial charge in [-0.1, -0.05) is 91.0 Å². The van der Waals surface area contributed by atoms with Gasteiger partial charge in [-0.25, -0.2) is 15.8 Å². The zero-order chi connectivity index (χ0) is 29.3. The third kappa shape index (κ3) is 6.89. The maximum absolute atomic E-state index is 12.7. The molecule has 5 aromatic rings. The van der Waals surface area contributed by atoms with E-state index in [4.69, 9.17) is 0 Å². The molecule has 0 aliphatic heterocycles. The van der Waals surface area contributed by atoms with Crippen molar-refractivity contribution in [3.05, 3.63) is 150 Å². The van der Waals surface area contributed by atoms with Crippen LogP contribution in [-0.4, -0.2) is 28.2 Å². The molecule has 0 spiro atoms. The van der Waals surface area contributed by atoms with Crippen LogP contribution >= 0.6 is 0 Å². The molecule has 0 radical (unpaired) electrons. The SMILES string of the molecule is C/C(=N\NC(=O)c1ccc(-c2ccccc2)cc1)c1cccc(/C(C)=N/NC(=O)c2ccc(-c3ccccc3)cc2)n1. The lowest BCUT2D eigenvalue weighted by Crippen LogP contribution is -2.20. The Morgan fingerprint density at radius 1 is 0.476 bits per heavy atom. The van der Waals surface area contributed by atoms with Crippen LogP contribution in [0.2, 0.25) is 0 Å². The van der Waals surface area contributed by atoms with Gasteiger partial charge in [0.25, 0.3) is 11.8 Å². The molecule has 2 N–H and O–H groups in total. The highest BCUT2D eigenvalue weighted by Gasteiger charge is 2.09. The lowest BCUT2D eigenvalue weighted by Gasteiger charge is -2.07. The minimum absolute atomic E-state index is 0.317. The molecule has 42 heavy (non-hydrogen) atoms. The summed E-state index contributed by atoms with van der Waals surface area (Å²) >= 11 is 0. The van der Waals surface area contributed by atoms with Gasteiger partial charge < -0.3 is 0 Å². The highest BCUT2D eigenvalue weighted by molar-refractivity contribution is 6.03. The molecule has 7 heteroatoms. The molecule has 0 aliphatic rings. The third-order valence-electron chi connectivity index (χ3n) is 6.65. The highest BCUT2D eigenvalue weighted by atomic mass is 16.2. The molecular weight excluding hydrogens is 522 g/mol. The van der Waals surface area contributed by atoms with E-state index in [1.807, 2.05) is 91.0 Å². The molecule has 5 rings (SSSR count). The minimum atomic E-state index is -0.317. The van der Waals surface area contributed by atoms with Gasteiger partial charge in [0.15, 0.2) is 0 Å². The van der Waals surface area contributed by atoms with Crippen molar-refractivity contribution in [1.82, 2.24) is 15.8 Å². The van der Waals surface area contributed by atoms with Crippen molar-refractivity contribution in [2.75, 3.05) is 0 Å². The van der Waals surface area contributed by atoms with Crippen LogP contribution in [0.25, 0.3) is 22.3 Å².